The first-order chi connectivity index (χ1) is 8.36. The quantitative estimate of drug-likeness (QED) is 0.853. The molecular weight excluding hydrogens is 218 g/mol. The van der Waals surface area contributed by atoms with Crippen LogP contribution in [0.2, 0.25) is 0 Å². The summed E-state index contributed by atoms with van der Waals surface area (Å²) in [6.07, 6.45) is 4.89. The van der Waals surface area contributed by atoms with E-state index in [9.17, 15) is 0 Å². The Balaban J connectivity index is 2.39. The standard InChI is InChI=1S/C12H15N3O2/c1-3-13-10(9-5-4-8-17-9)11-12(16-2)15-7-6-14-11/h4-8,10,13H,3H2,1-2H3. The lowest BCUT2D eigenvalue weighted by Gasteiger charge is -2.16. The van der Waals surface area contributed by atoms with Crippen LogP contribution in [0.25, 0.3) is 0 Å². The number of nitrogens with one attached hydrogen (secondary N) is 1. The Morgan fingerprint density at radius 1 is 1.41 bits per heavy atom. The van der Waals surface area contributed by atoms with E-state index < -0.39 is 0 Å². The van der Waals surface area contributed by atoms with E-state index in [0.29, 0.717) is 5.88 Å². The molecule has 17 heavy (non-hydrogen) atoms. The Morgan fingerprint density at radius 2 is 2.24 bits per heavy atom. The minimum absolute atomic E-state index is 0.140. The average molecular weight is 233 g/mol. The SMILES string of the molecule is CCNC(c1ccco1)c1nccnc1OC. The van der Waals surface area contributed by atoms with Crippen molar-refractivity contribution in [3.8, 4) is 5.88 Å². The van der Waals surface area contributed by atoms with Crippen LogP contribution in [-0.2, 0) is 0 Å². The monoisotopic (exact) mass is 233 g/mol. The molecule has 1 atom stereocenters. The number of hydrogen-bond acceptors (Lipinski definition) is 5. The average Bonchev–Trinajstić information content (AvgIpc) is 2.89. The normalized spacial score (nSPS) is 12.4. The fourth-order valence-corrected chi connectivity index (χ4v) is 1.68. The van der Waals surface area contributed by atoms with Crippen LogP contribution in [0.5, 0.6) is 5.88 Å². The van der Waals surface area contributed by atoms with E-state index in [1.807, 2.05) is 19.1 Å². The van der Waals surface area contributed by atoms with Crippen LogP contribution in [0.4, 0.5) is 0 Å². The van der Waals surface area contributed by atoms with Crippen molar-refractivity contribution in [2.24, 2.45) is 0 Å². The van der Waals surface area contributed by atoms with E-state index in [1.54, 1.807) is 25.8 Å². The topological polar surface area (TPSA) is 60.2 Å². The van der Waals surface area contributed by atoms with Crippen molar-refractivity contribution in [3.05, 3.63) is 42.2 Å². The van der Waals surface area contributed by atoms with Crippen LogP contribution in [-0.4, -0.2) is 23.6 Å². The molecule has 0 aliphatic heterocycles. The molecule has 0 fully saturated rings. The zero-order valence-corrected chi connectivity index (χ0v) is 9.88. The largest absolute Gasteiger partial charge is 0.480 e. The molecule has 0 spiro atoms. The molecule has 90 valence electrons. The highest BCUT2D eigenvalue weighted by molar-refractivity contribution is 5.27. The summed E-state index contributed by atoms with van der Waals surface area (Å²) in [5.41, 5.74) is 0.729. The zero-order valence-electron chi connectivity index (χ0n) is 9.88. The zero-order chi connectivity index (χ0) is 12.1. The first kappa shape index (κ1) is 11.6. The molecule has 2 heterocycles. The summed E-state index contributed by atoms with van der Waals surface area (Å²) in [7, 11) is 1.58. The lowest BCUT2D eigenvalue weighted by atomic mass is 10.1. The van der Waals surface area contributed by atoms with Crippen LogP contribution in [0.1, 0.15) is 24.4 Å². The van der Waals surface area contributed by atoms with Gasteiger partial charge in [0.2, 0.25) is 5.88 Å². The van der Waals surface area contributed by atoms with Gasteiger partial charge in [0.1, 0.15) is 17.5 Å². The van der Waals surface area contributed by atoms with Crippen LogP contribution in [0.15, 0.2) is 35.2 Å². The number of methoxy groups -OCH3 is 1. The summed E-state index contributed by atoms with van der Waals surface area (Å²) >= 11 is 0. The van der Waals surface area contributed by atoms with Gasteiger partial charge in [-0.2, -0.15) is 0 Å². The molecule has 0 aliphatic rings. The van der Waals surface area contributed by atoms with Crippen LogP contribution in [0.3, 0.4) is 0 Å². The second-order valence-electron chi connectivity index (χ2n) is 3.46. The smallest absolute Gasteiger partial charge is 0.237 e. The number of nitrogens with zero attached hydrogens (tertiary/aromatic N) is 2. The van der Waals surface area contributed by atoms with Crippen molar-refractivity contribution in [1.82, 2.24) is 15.3 Å². The third-order valence-corrected chi connectivity index (χ3v) is 2.39. The third-order valence-electron chi connectivity index (χ3n) is 2.39. The summed E-state index contributed by atoms with van der Waals surface area (Å²) in [5.74, 6) is 1.31. The summed E-state index contributed by atoms with van der Waals surface area (Å²) in [6, 6.07) is 3.61. The van der Waals surface area contributed by atoms with E-state index in [1.165, 1.54) is 0 Å². The minimum atomic E-state index is -0.140. The number of furan rings is 1. The van der Waals surface area contributed by atoms with Crippen molar-refractivity contribution in [3.63, 3.8) is 0 Å². The van der Waals surface area contributed by atoms with Gasteiger partial charge in [0.05, 0.1) is 13.4 Å². The maximum Gasteiger partial charge on any atom is 0.237 e. The summed E-state index contributed by atoms with van der Waals surface area (Å²) in [4.78, 5) is 8.46. The Hall–Kier alpha value is -1.88. The van der Waals surface area contributed by atoms with Gasteiger partial charge in [0, 0.05) is 12.4 Å². The highest BCUT2D eigenvalue weighted by Crippen LogP contribution is 2.26. The van der Waals surface area contributed by atoms with E-state index in [0.717, 1.165) is 18.0 Å². The molecule has 1 N–H and O–H groups in total. The number of hydrogen-bond donors (Lipinski definition) is 1. The van der Waals surface area contributed by atoms with Gasteiger partial charge < -0.3 is 14.5 Å². The first-order valence-corrected chi connectivity index (χ1v) is 5.48. The number of aromatic nitrogens is 2. The molecule has 0 saturated carbocycles. The van der Waals surface area contributed by atoms with E-state index in [-0.39, 0.29) is 6.04 Å². The van der Waals surface area contributed by atoms with E-state index >= 15 is 0 Å². The summed E-state index contributed by atoms with van der Waals surface area (Å²) < 4.78 is 10.6. The highest BCUT2D eigenvalue weighted by atomic mass is 16.5. The fourth-order valence-electron chi connectivity index (χ4n) is 1.68. The first-order valence-electron chi connectivity index (χ1n) is 5.48. The van der Waals surface area contributed by atoms with Gasteiger partial charge in [-0.1, -0.05) is 6.92 Å². The van der Waals surface area contributed by atoms with Gasteiger partial charge >= 0.3 is 0 Å². The molecule has 1 unspecified atom stereocenters. The van der Waals surface area contributed by atoms with Crippen molar-refractivity contribution in [2.45, 2.75) is 13.0 Å². The van der Waals surface area contributed by atoms with Gasteiger partial charge in [-0.25, -0.2) is 4.98 Å². The maximum absolute atomic E-state index is 5.42. The van der Waals surface area contributed by atoms with Crippen molar-refractivity contribution in [2.75, 3.05) is 13.7 Å². The molecule has 0 amide bonds. The van der Waals surface area contributed by atoms with Gasteiger partial charge in [0.15, 0.2) is 0 Å². The molecule has 5 nitrogen and oxygen atoms in total. The predicted octanol–water partition coefficient (Wildman–Crippen LogP) is 1.78. The molecule has 2 aromatic rings. The number of rotatable bonds is 5. The molecule has 2 rings (SSSR count). The molecule has 0 saturated heterocycles. The van der Waals surface area contributed by atoms with Gasteiger partial charge in [-0.3, -0.25) is 4.98 Å². The van der Waals surface area contributed by atoms with Crippen LogP contribution >= 0.6 is 0 Å². The molecule has 0 radical (unpaired) electrons. The van der Waals surface area contributed by atoms with E-state index in [4.69, 9.17) is 9.15 Å². The molecular formula is C12H15N3O2. The molecule has 0 aliphatic carbocycles. The summed E-state index contributed by atoms with van der Waals surface area (Å²) in [5, 5.41) is 3.30. The van der Waals surface area contributed by atoms with Crippen LogP contribution in [0, 0.1) is 0 Å². The Labute approximate surface area is 99.8 Å². The molecule has 0 bridgehead atoms. The predicted molar refractivity (Wildman–Crippen MR) is 62.8 cm³/mol. The van der Waals surface area contributed by atoms with Crippen LogP contribution < -0.4 is 10.1 Å². The highest BCUT2D eigenvalue weighted by Gasteiger charge is 2.21. The fraction of sp³-hybridized carbons (Fsp3) is 0.333. The second kappa shape index (κ2) is 5.45. The molecule has 0 aromatic carbocycles. The molecule has 2 aromatic heterocycles. The number of ether oxygens (including phenoxy) is 1. The lowest BCUT2D eigenvalue weighted by Crippen LogP contribution is -2.23. The van der Waals surface area contributed by atoms with Crippen molar-refractivity contribution >= 4 is 0 Å². The van der Waals surface area contributed by atoms with Gasteiger partial charge in [0.25, 0.3) is 0 Å². The Morgan fingerprint density at radius 3 is 2.88 bits per heavy atom. The lowest BCUT2D eigenvalue weighted by molar-refractivity contribution is 0.373. The van der Waals surface area contributed by atoms with Gasteiger partial charge in [-0.05, 0) is 18.7 Å². The Bertz CT molecular complexity index is 457. The Kier molecular flexibility index (Phi) is 3.72. The van der Waals surface area contributed by atoms with Gasteiger partial charge in [-0.15, -0.1) is 0 Å². The van der Waals surface area contributed by atoms with E-state index in [2.05, 4.69) is 15.3 Å². The minimum Gasteiger partial charge on any atom is -0.480 e. The van der Waals surface area contributed by atoms with Crippen molar-refractivity contribution in [1.29, 1.82) is 0 Å². The van der Waals surface area contributed by atoms with Crippen molar-refractivity contribution < 1.29 is 9.15 Å². The summed E-state index contributed by atoms with van der Waals surface area (Å²) in [6.45, 7) is 2.82. The third kappa shape index (κ3) is 2.45. The second-order valence-corrected chi connectivity index (χ2v) is 3.46. The maximum atomic E-state index is 5.42. The molecule has 5 heteroatoms.